The lowest BCUT2D eigenvalue weighted by molar-refractivity contribution is -0.123. The zero-order chi connectivity index (χ0) is 36.6. The Hall–Kier alpha value is -3.99. The van der Waals surface area contributed by atoms with E-state index in [1.54, 1.807) is 42.5 Å². The summed E-state index contributed by atoms with van der Waals surface area (Å²) in [5, 5.41) is 4.56. The number of nitrogens with one attached hydrogen (secondary N) is 2. The van der Waals surface area contributed by atoms with Gasteiger partial charge in [-0.25, -0.2) is 14.8 Å². The summed E-state index contributed by atoms with van der Waals surface area (Å²) < 4.78 is 16.2. The first-order valence-electron chi connectivity index (χ1n) is 17.4. The van der Waals surface area contributed by atoms with Gasteiger partial charge in [0.1, 0.15) is 18.0 Å². The van der Waals surface area contributed by atoms with Crippen molar-refractivity contribution in [2.75, 3.05) is 17.4 Å². The Morgan fingerprint density at radius 2 is 1.53 bits per heavy atom. The average Bonchev–Trinajstić information content (AvgIpc) is 3.40. The Kier molecular flexibility index (Phi) is 16.2. The molecule has 1 heterocycles. The third-order valence-electron chi connectivity index (χ3n) is 8.25. The SMILES string of the molecule is CCCCCCCCCCCCCC(=O)Nc1ccc(Cl)c(N=C2NN(c3c(Cl)cc(Cl)cc3OC)C(=O)C2OC(=O)OCc2ccccc2)c1. The molecule has 1 aliphatic rings. The highest BCUT2D eigenvalue weighted by molar-refractivity contribution is 6.38. The molecule has 2 N–H and O–H groups in total. The van der Waals surface area contributed by atoms with E-state index in [1.807, 2.05) is 6.07 Å². The van der Waals surface area contributed by atoms with Crippen molar-refractivity contribution in [1.82, 2.24) is 5.43 Å². The number of amides is 2. The maximum atomic E-state index is 13.8. The van der Waals surface area contributed by atoms with Crippen LogP contribution >= 0.6 is 34.8 Å². The van der Waals surface area contributed by atoms with Crippen LogP contribution in [0.15, 0.2) is 65.7 Å². The molecule has 1 aliphatic heterocycles. The van der Waals surface area contributed by atoms with Gasteiger partial charge in [0.15, 0.2) is 5.84 Å². The summed E-state index contributed by atoms with van der Waals surface area (Å²) in [5.74, 6) is -0.767. The molecule has 1 atom stereocenters. The number of carbonyl (C=O) groups is 3. The summed E-state index contributed by atoms with van der Waals surface area (Å²) in [7, 11) is 1.40. The second-order valence-electron chi connectivity index (χ2n) is 12.2. The number of hydrazine groups is 1. The predicted molar refractivity (Wildman–Crippen MR) is 203 cm³/mol. The Morgan fingerprint density at radius 3 is 2.20 bits per heavy atom. The molecule has 51 heavy (non-hydrogen) atoms. The van der Waals surface area contributed by atoms with Gasteiger partial charge in [-0.2, -0.15) is 0 Å². The van der Waals surface area contributed by atoms with Crippen LogP contribution in [0.4, 0.5) is 21.9 Å². The third-order valence-corrected chi connectivity index (χ3v) is 9.07. The minimum absolute atomic E-state index is 0.0756. The fourth-order valence-electron chi connectivity index (χ4n) is 5.56. The second kappa shape index (κ2) is 20.8. The van der Waals surface area contributed by atoms with Gasteiger partial charge in [0.2, 0.25) is 12.0 Å². The van der Waals surface area contributed by atoms with E-state index < -0.39 is 18.2 Å². The minimum Gasteiger partial charge on any atom is -0.494 e. The van der Waals surface area contributed by atoms with Crippen LogP contribution in [-0.4, -0.2) is 37.0 Å². The number of hydrogen-bond donors (Lipinski definition) is 2. The van der Waals surface area contributed by atoms with Gasteiger partial charge < -0.3 is 19.5 Å². The molecule has 274 valence electrons. The zero-order valence-electron chi connectivity index (χ0n) is 29.0. The van der Waals surface area contributed by atoms with Crippen molar-refractivity contribution in [2.45, 2.75) is 96.7 Å². The van der Waals surface area contributed by atoms with Crippen LogP contribution in [0, 0.1) is 0 Å². The number of methoxy groups -OCH3 is 1. The quantitative estimate of drug-likeness (QED) is 0.0922. The predicted octanol–water partition coefficient (Wildman–Crippen LogP) is 10.6. The van der Waals surface area contributed by atoms with Crippen LogP contribution < -0.4 is 20.5 Å². The van der Waals surface area contributed by atoms with Crippen LogP contribution in [-0.2, 0) is 25.7 Å². The summed E-state index contributed by atoms with van der Waals surface area (Å²) in [5.41, 5.74) is 4.40. The molecule has 4 rings (SSSR count). The lowest BCUT2D eigenvalue weighted by Gasteiger charge is -2.20. The molecule has 1 fully saturated rings. The van der Waals surface area contributed by atoms with E-state index in [0.717, 1.165) is 29.8 Å². The van der Waals surface area contributed by atoms with E-state index in [2.05, 4.69) is 22.7 Å². The highest BCUT2D eigenvalue weighted by Crippen LogP contribution is 2.40. The van der Waals surface area contributed by atoms with Crippen molar-refractivity contribution in [3.63, 3.8) is 0 Å². The Balaban J connectivity index is 1.43. The number of anilines is 2. The number of ether oxygens (including phenoxy) is 3. The zero-order valence-corrected chi connectivity index (χ0v) is 31.3. The first-order valence-corrected chi connectivity index (χ1v) is 18.5. The molecule has 3 aromatic carbocycles. The summed E-state index contributed by atoms with van der Waals surface area (Å²) >= 11 is 19.2. The van der Waals surface area contributed by atoms with E-state index in [-0.39, 0.29) is 50.5 Å². The number of aliphatic imine (C=N–C) groups is 1. The molecule has 10 nitrogen and oxygen atoms in total. The van der Waals surface area contributed by atoms with E-state index in [0.29, 0.717) is 12.1 Å². The van der Waals surface area contributed by atoms with Crippen molar-refractivity contribution >= 4 is 75.7 Å². The molecule has 1 unspecified atom stereocenters. The number of hydrogen-bond acceptors (Lipinski definition) is 7. The Morgan fingerprint density at radius 1 is 0.863 bits per heavy atom. The van der Waals surface area contributed by atoms with Crippen LogP contribution in [0.1, 0.15) is 89.5 Å². The van der Waals surface area contributed by atoms with Crippen LogP contribution in [0.25, 0.3) is 0 Å². The van der Waals surface area contributed by atoms with Crippen molar-refractivity contribution in [1.29, 1.82) is 0 Å². The molecule has 0 aliphatic carbocycles. The van der Waals surface area contributed by atoms with Crippen molar-refractivity contribution in [3.8, 4) is 5.75 Å². The van der Waals surface area contributed by atoms with Gasteiger partial charge in [-0.3, -0.25) is 15.0 Å². The highest BCUT2D eigenvalue weighted by Gasteiger charge is 2.44. The molecule has 1 saturated heterocycles. The number of halogens is 3. The second-order valence-corrected chi connectivity index (χ2v) is 13.5. The first-order chi connectivity index (χ1) is 24.7. The van der Waals surface area contributed by atoms with Gasteiger partial charge in [-0.1, -0.05) is 136 Å². The van der Waals surface area contributed by atoms with Gasteiger partial charge >= 0.3 is 6.16 Å². The number of benzene rings is 3. The Labute approximate surface area is 314 Å². The van der Waals surface area contributed by atoms with Crippen molar-refractivity contribution < 1.29 is 28.6 Å². The standard InChI is InChI=1S/C38H45Cl3N4O6/c1-3-4-5-6-7-8-9-10-11-12-16-19-33(46)42-28-20-21-29(40)31(24-28)43-36-35(51-38(48)50-25-26-17-14-13-15-18-26)37(47)45(44-36)34-30(41)22-27(39)23-32(34)49-2/h13-15,17-18,20-24,35H,3-12,16,19,25H2,1-2H3,(H,42,46)(H,43,44). The van der Waals surface area contributed by atoms with Gasteiger partial charge in [-0.05, 0) is 36.2 Å². The van der Waals surface area contributed by atoms with Gasteiger partial charge in [0, 0.05) is 23.2 Å². The maximum absolute atomic E-state index is 13.8. The number of nitrogens with zero attached hydrogens (tertiary/aromatic N) is 2. The number of rotatable bonds is 19. The van der Waals surface area contributed by atoms with E-state index in [4.69, 9.17) is 49.0 Å². The molecular formula is C38H45Cl3N4O6. The molecule has 0 radical (unpaired) electrons. The minimum atomic E-state index is -1.57. The third kappa shape index (κ3) is 12.3. The molecule has 2 amide bonds. The summed E-state index contributed by atoms with van der Waals surface area (Å²) in [4.78, 5) is 43.9. The molecule has 0 aromatic heterocycles. The lowest BCUT2D eigenvalue weighted by atomic mass is 10.1. The molecule has 0 spiro atoms. The van der Waals surface area contributed by atoms with Gasteiger partial charge in [0.25, 0.3) is 5.91 Å². The van der Waals surface area contributed by atoms with Crippen LogP contribution in [0.2, 0.25) is 15.1 Å². The first kappa shape index (κ1) is 39.8. The lowest BCUT2D eigenvalue weighted by Crippen LogP contribution is -2.36. The largest absolute Gasteiger partial charge is 0.509 e. The van der Waals surface area contributed by atoms with E-state index >= 15 is 0 Å². The highest BCUT2D eigenvalue weighted by atomic mass is 35.5. The molecule has 0 bridgehead atoms. The Bertz CT molecular complexity index is 1660. The van der Waals surface area contributed by atoms with Gasteiger partial charge in [-0.15, -0.1) is 0 Å². The van der Waals surface area contributed by atoms with Crippen LogP contribution in [0.3, 0.4) is 0 Å². The van der Waals surface area contributed by atoms with E-state index in [9.17, 15) is 14.4 Å². The van der Waals surface area contributed by atoms with Crippen molar-refractivity contribution in [3.05, 3.63) is 81.3 Å². The molecular weight excluding hydrogens is 715 g/mol. The molecule has 3 aromatic rings. The number of amidine groups is 1. The smallest absolute Gasteiger partial charge is 0.494 e. The average molecular weight is 760 g/mol. The fourth-order valence-corrected chi connectivity index (χ4v) is 6.28. The van der Waals surface area contributed by atoms with E-state index in [1.165, 1.54) is 70.6 Å². The summed E-state index contributed by atoms with van der Waals surface area (Å²) in [6.45, 7) is 2.16. The number of unbranched alkanes of at least 4 members (excludes halogenated alkanes) is 10. The van der Waals surface area contributed by atoms with Crippen molar-refractivity contribution in [2.24, 2.45) is 4.99 Å². The number of carbonyl (C=O) groups excluding carboxylic acids is 3. The molecule has 0 saturated carbocycles. The topological polar surface area (TPSA) is 119 Å². The normalized spacial score (nSPS) is 14.8. The maximum Gasteiger partial charge on any atom is 0.509 e. The monoisotopic (exact) mass is 758 g/mol. The summed E-state index contributed by atoms with van der Waals surface area (Å²) in [6.07, 6.45) is 10.9. The van der Waals surface area contributed by atoms with Gasteiger partial charge in [0.05, 0.1) is 22.8 Å². The molecule has 13 heteroatoms. The fraction of sp³-hybridized carbons (Fsp3) is 0.421. The van der Waals surface area contributed by atoms with Crippen LogP contribution in [0.5, 0.6) is 5.75 Å². The summed E-state index contributed by atoms with van der Waals surface area (Å²) in [6, 6.07) is 16.7.